The quantitative estimate of drug-likeness (QED) is 0.820. The fourth-order valence-corrected chi connectivity index (χ4v) is 2.85. The van der Waals surface area contributed by atoms with Crippen LogP contribution in [0.2, 0.25) is 5.02 Å². The summed E-state index contributed by atoms with van der Waals surface area (Å²) in [5.74, 6) is 0.862. The summed E-state index contributed by atoms with van der Waals surface area (Å²) >= 11 is 6.13. The molecule has 2 rings (SSSR count). The minimum atomic E-state index is -0.957. The Bertz CT molecular complexity index is 469. The van der Waals surface area contributed by atoms with Gasteiger partial charge in [0.1, 0.15) is 5.75 Å². The minimum Gasteiger partial charge on any atom is -0.493 e. The van der Waals surface area contributed by atoms with Crippen molar-refractivity contribution in [1.82, 2.24) is 0 Å². The molecule has 0 aliphatic carbocycles. The third-order valence-electron chi connectivity index (χ3n) is 3.53. The van der Waals surface area contributed by atoms with Crippen LogP contribution in [0, 0.1) is 0 Å². The second-order valence-corrected chi connectivity index (χ2v) is 5.87. The largest absolute Gasteiger partial charge is 0.493 e. The molecule has 0 fully saturated rings. The smallest absolute Gasteiger partial charge is 0.159 e. The van der Waals surface area contributed by atoms with Gasteiger partial charge in [0.05, 0.1) is 12.2 Å². The molecule has 0 radical (unpaired) electrons. The van der Waals surface area contributed by atoms with Crippen LogP contribution in [0.3, 0.4) is 0 Å². The van der Waals surface area contributed by atoms with Crippen molar-refractivity contribution in [3.05, 3.63) is 28.3 Å². The molecular weight excluding hydrogens is 280 g/mol. The number of hydrogen-bond donors (Lipinski definition) is 1. The molecule has 0 saturated heterocycles. The van der Waals surface area contributed by atoms with Gasteiger partial charge in [0.2, 0.25) is 0 Å². The van der Waals surface area contributed by atoms with Gasteiger partial charge in [0.15, 0.2) is 6.29 Å². The fourth-order valence-electron chi connectivity index (χ4n) is 2.58. The molecule has 20 heavy (non-hydrogen) atoms. The lowest BCUT2D eigenvalue weighted by atomic mass is 9.91. The first kappa shape index (κ1) is 15.6. The molecule has 0 bridgehead atoms. The highest BCUT2D eigenvalue weighted by atomic mass is 35.5. The summed E-state index contributed by atoms with van der Waals surface area (Å²) < 4.78 is 16.0. The molecule has 1 unspecified atom stereocenters. The lowest BCUT2D eigenvalue weighted by Gasteiger charge is -2.27. The molecule has 1 N–H and O–H groups in total. The molecule has 0 saturated carbocycles. The van der Waals surface area contributed by atoms with E-state index >= 15 is 0 Å². The van der Waals surface area contributed by atoms with Gasteiger partial charge in [0, 0.05) is 38.5 Å². The minimum absolute atomic E-state index is 0.376. The second kappa shape index (κ2) is 6.31. The second-order valence-electron chi connectivity index (χ2n) is 5.43. The fraction of sp³-hybridized carbons (Fsp3) is 0.600. The van der Waals surface area contributed by atoms with Crippen LogP contribution in [-0.4, -0.2) is 37.8 Å². The highest BCUT2D eigenvalue weighted by molar-refractivity contribution is 6.30. The van der Waals surface area contributed by atoms with Crippen LogP contribution in [0.5, 0.6) is 5.75 Å². The van der Waals surface area contributed by atoms with E-state index in [1.807, 2.05) is 12.1 Å². The molecule has 112 valence electrons. The van der Waals surface area contributed by atoms with E-state index in [0.29, 0.717) is 24.5 Å². The first-order valence-electron chi connectivity index (χ1n) is 6.67. The maximum Gasteiger partial charge on any atom is 0.159 e. The third-order valence-corrected chi connectivity index (χ3v) is 3.75. The summed E-state index contributed by atoms with van der Waals surface area (Å²) in [6.07, 6.45) is 1.25. The van der Waals surface area contributed by atoms with Crippen molar-refractivity contribution in [2.24, 2.45) is 0 Å². The van der Waals surface area contributed by atoms with E-state index in [0.717, 1.165) is 23.3 Å². The van der Waals surface area contributed by atoms with Gasteiger partial charge < -0.3 is 19.3 Å². The van der Waals surface area contributed by atoms with Gasteiger partial charge in [-0.2, -0.15) is 0 Å². The predicted molar refractivity (Wildman–Crippen MR) is 77.4 cm³/mol. The van der Waals surface area contributed by atoms with Crippen LogP contribution in [0.15, 0.2) is 12.1 Å². The zero-order valence-corrected chi connectivity index (χ0v) is 12.9. The van der Waals surface area contributed by atoms with E-state index in [4.69, 9.17) is 25.8 Å². The average molecular weight is 301 g/mol. The number of aliphatic hydroxyl groups is 1. The Labute approximate surface area is 124 Å². The summed E-state index contributed by atoms with van der Waals surface area (Å²) in [5, 5.41) is 11.2. The molecule has 0 spiro atoms. The molecule has 0 aromatic heterocycles. The zero-order valence-electron chi connectivity index (χ0n) is 12.1. The van der Waals surface area contributed by atoms with E-state index in [-0.39, 0.29) is 0 Å². The van der Waals surface area contributed by atoms with Crippen molar-refractivity contribution in [3.63, 3.8) is 0 Å². The maximum atomic E-state index is 10.6. The van der Waals surface area contributed by atoms with E-state index in [1.165, 1.54) is 0 Å². The highest BCUT2D eigenvalue weighted by Gasteiger charge is 2.29. The van der Waals surface area contributed by atoms with Gasteiger partial charge >= 0.3 is 0 Å². The third kappa shape index (κ3) is 3.64. The number of ether oxygens (including phenoxy) is 3. The van der Waals surface area contributed by atoms with E-state index in [9.17, 15) is 5.11 Å². The van der Waals surface area contributed by atoms with Gasteiger partial charge in [-0.1, -0.05) is 11.6 Å². The number of hydrogen-bond acceptors (Lipinski definition) is 4. The van der Waals surface area contributed by atoms with Crippen LogP contribution < -0.4 is 4.74 Å². The van der Waals surface area contributed by atoms with Crippen LogP contribution in [0.25, 0.3) is 0 Å². The van der Waals surface area contributed by atoms with Crippen molar-refractivity contribution < 1.29 is 19.3 Å². The summed E-state index contributed by atoms with van der Waals surface area (Å²) in [7, 11) is 3.12. The molecule has 5 heteroatoms. The molecule has 1 aromatic rings. The van der Waals surface area contributed by atoms with Crippen LogP contribution >= 0.6 is 11.6 Å². The van der Waals surface area contributed by atoms with Crippen molar-refractivity contribution in [3.8, 4) is 5.75 Å². The summed E-state index contributed by atoms with van der Waals surface area (Å²) in [6, 6.07) is 3.78. The molecule has 4 nitrogen and oxygen atoms in total. The zero-order chi connectivity index (χ0) is 14.8. The Morgan fingerprint density at radius 1 is 1.40 bits per heavy atom. The van der Waals surface area contributed by atoms with Crippen LogP contribution in [-0.2, 0) is 22.3 Å². The molecular formula is C15H21ClO4. The van der Waals surface area contributed by atoms with Gasteiger partial charge in [-0.15, -0.1) is 0 Å². The first-order chi connectivity index (χ1) is 9.45. The normalized spacial score (nSPS) is 16.9. The standard InChI is InChI=1S/C15H21ClO4/c1-15(17,9-13(18-2)19-3)8-11-7-12(16)6-10-4-5-20-14(10)11/h6-7,13,17H,4-5,8-9H2,1-3H3. The van der Waals surface area contributed by atoms with Gasteiger partial charge in [-0.05, 0) is 30.2 Å². The lowest BCUT2D eigenvalue weighted by Crippen LogP contribution is -2.34. The van der Waals surface area contributed by atoms with Crippen molar-refractivity contribution >= 4 is 11.6 Å². The predicted octanol–water partition coefficient (Wildman–Crippen LogP) is 2.58. The highest BCUT2D eigenvalue weighted by Crippen LogP contribution is 2.35. The Morgan fingerprint density at radius 2 is 2.10 bits per heavy atom. The van der Waals surface area contributed by atoms with Crippen molar-refractivity contribution in [2.75, 3.05) is 20.8 Å². The molecule has 1 aromatic carbocycles. The molecule has 0 amide bonds. The van der Waals surface area contributed by atoms with Crippen LogP contribution in [0.1, 0.15) is 24.5 Å². The average Bonchev–Trinajstić information content (AvgIpc) is 2.83. The molecule has 1 aliphatic heterocycles. The van der Waals surface area contributed by atoms with Crippen molar-refractivity contribution in [2.45, 2.75) is 38.1 Å². The SMILES string of the molecule is COC(CC(C)(O)Cc1cc(Cl)cc2c1OCC2)OC. The number of benzene rings is 1. The number of fused-ring (bicyclic) bond motifs is 1. The lowest BCUT2D eigenvalue weighted by molar-refractivity contribution is -0.139. The Kier molecular flexibility index (Phi) is 4.91. The van der Waals surface area contributed by atoms with Crippen LogP contribution in [0.4, 0.5) is 0 Å². The summed E-state index contributed by atoms with van der Waals surface area (Å²) in [5.41, 5.74) is 1.08. The van der Waals surface area contributed by atoms with Crippen molar-refractivity contribution in [1.29, 1.82) is 0 Å². The van der Waals surface area contributed by atoms with E-state index in [1.54, 1.807) is 21.1 Å². The Balaban J connectivity index is 2.17. The maximum absolute atomic E-state index is 10.6. The number of halogens is 1. The topological polar surface area (TPSA) is 47.9 Å². The van der Waals surface area contributed by atoms with Gasteiger partial charge in [0.25, 0.3) is 0 Å². The molecule has 1 heterocycles. The summed E-state index contributed by atoms with van der Waals surface area (Å²) in [6.45, 7) is 2.43. The van der Waals surface area contributed by atoms with E-state index < -0.39 is 11.9 Å². The van der Waals surface area contributed by atoms with Gasteiger partial charge in [-0.3, -0.25) is 0 Å². The number of methoxy groups -OCH3 is 2. The Morgan fingerprint density at radius 3 is 2.75 bits per heavy atom. The van der Waals surface area contributed by atoms with E-state index in [2.05, 4.69) is 0 Å². The molecule has 1 atom stereocenters. The summed E-state index contributed by atoms with van der Waals surface area (Å²) in [4.78, 5) is 0. The molecule has 1 aliphatic rings. The monoisotopic (exact) mass is 300 g/mol. The first-order valence-corrected chi connectivity index (χ1v) is 7.05. The number of rotatable bonds is 6. The van der Waals surface area contributed by atoms with Gasteiger partial charge in [-0.25, -0.2) is 0 Å². The Hall–Kier alpha value is -0.810.